The second kappa shape index (κ2) is 4.74. The first-order valence-corrected chi connectivity index (χ1v) is 5.86. The van der Waals surface area contributed by atoms with Gasteiger partial charge in [0.05, 0.1) is 6.54 Å². The first-order valence-electron chi connectivity index (χ1n) is 5.86. The van der Waals surface area contributed by atoms with Gasteiger partial charge in [0.25, 0.3) is 0 Å². The molecule has 2 N–H and O–H groups in total. The fraction of sp³-hybridized carbons (Fsp3) is 0.727. The van der Waals surface area contributed by atoms with Crippen LogP contribution in [0.5, 0.6) is 0 Å². The summed E-state index contributed by atoms with van der Waals surface area (Å²) in [5.74, 6) is 0.194. The highest BCUT2D eigenvalue weighted by Gasteiger charge is 2.26. The van der Waals surface area contributed by atoms with Crippen LogP contribution in [-0.2, 0) is 4.79 Å². The Morgan fingerprint density at radius 2 is 2.19 bits per heavy atom. The van der Waals surface area contributed by atoms with Crippen molar-refractivity contribution in [3.8, 4) is 0 Å². The van der Waals surface area contributed by atoms with Crippen LogP contribution in [0.1, 0.15) is 19.8 Å². The molecule has 2 aliphatic heterocycles. The number of piperidine rings is 1. The molecule has 0 aromatic carbocycles. The molecule has 0 atom stereocenters. The number of nitrogens with one attached hydrogen (secondary N) is 2. The van der Waals surface area contributed by atoms with Gasteiger partial charge in [-0.15, -0.1) is 0 Å². The normalized spacial score (nSPS) is 22.2. The van der Waals surface area contributed by atoms with E-state index in [0.29, 0.717) is 6.04 Å². The van der Waals surface area contributed by atoms with Crippen LogP contribution in [0.3, 0.4) is 0 Å². The van der Waals surface area contributed by atoms with E-state index in [1.807, 2.05) is 11.9 Å². The zero-order chi connectivity index (χ0) is 11.5. The minimum atomic E-state index is 0.194. The summed E-state index contributed by atoms with van der Waals surface area (Å²) in [4.78, 5) is 13.1. The maximum absolute atomic E-state index is 11.2. The number of hydrogen-bond acceptors (Lipinski definition) is 4. The van der Waals surface area contributed by atoms with Gasteiger partial charge in [0.15, 0.2) is 0 Å². The summed E-state index contributed by atoms with van der Waals surface area (Å²) in [5.41, 5.74) is 4.56. The van der Waals surface area contributed by atoms with E-state index < -0.39 is 0 Å². The SMILES string of the molecule is CNC1=CN(C2CCN(C(C)=O)CC2)NC1. The Bertz CT molecular complexity index is 294. The van der Waals surface area contributed by atoms with Gasteiger partial charge in [-0.2, -0.15) is 0 Å². The number of nitrogens with zero attached hydrogens (tertiary/aromatic N) is 2. The van der Waals surface area contributed by atoms with Gasteiger partial charge in [0, 0.05) is 45.0 Å². The zero-order valence-corrected chi connectivity index (χ0v) is 9.99. The van der Waals surface area contributed by atoms with Gasteiger partial charge in [0.2, 0.25) is 5.91 Å². The van der Waals surface area contributed by atoms with Crippen LogP contribution in [-0.4, -0.2) is 48.5 Å². The maximum atomic E-state index is 11.2. The fourth-order valence-electron chi connectivity index (χ4n) is 2.28. The molecule has 0 spiro atoms. The smallest absolute Gasteiger partial charge is 0.219 e. The molecule has 0 aromatic heterocycles. The lowest BCUT2D eigenvalue weighted by atomic mass is 10.0. The molecule has 2 aliphatic rings. The van der Waals surface area contributed by atoms with Crippen LogP contribution in [0.15, 0.2) is 11.9 Å². The average molecular weight is 224 g/mol. The summed E-state index contributed by atoms with van der Waals surface area (Å²) in [6.45, 7) is 4.28. The summed E-state index contributed by atoms with van der Waals surface area (Å²) in [5, 5.41) is 5.34. The molecule has 1 fully saturated rings. The number of carbonyl (C=O) groups is 1. The number of likely N-dealkylation sites (tertiary alicyclic amines) is 1. The van der Waals surface area contributed by atoms with E-state index >= 15 is 0 Å². The standard InChI is InChI=1S/C11H20N4O/c1-9(16)14-5-3-11(4-6-14)15-8-10(12-2)7-13-15/h8,11-13H,3-7H2,1-2H3. The minimum absolute atomic E-state index is 0.194. The van der Waals surface area contributed by atoms with Crippen molar-refractivity contribution in [3.63, 3.8) is 0 Å². The third kappa shape index (κ3) is 2.29. The Morgan fingerprint density at radius 3 is 2.69 bits per heavy atom. The van der Waals surface area contributed by atoms with Gasteiger partial charge >= 0.3 is 0 Å². The monoisotopic (exact) mass is 224 g/mol. The van der Waals surface area contributed by atoms with E-state index in [0.717, 1.165) is 32.5 Å². The minimum Gasteiger partial charge on any atom is -0.389 e. The van der Waals surface area contributed by atoms with E-state index in [1.165, 1.54) is 5.70 Å². The van der Waals surface area contributed by atoms with Crippen molar-refractivity contribution in [2.45, 2.75) is 25.8 Å². The first-order chi connectivity index (χ1) is 7.70. The van der Waals surface area contributed by atoms with Crippen molar-refractivity contribution in [3.05, 3.63) is 11.9 Å². The summed E-state index contributed by atoms with van der Waals surface area (Å²) in [7, 11) is 1.94. The van der Waals surface area contributed by atoms with Crippen molar-refractivity contribution in [2.24, 2.45) is 0 Å². The molecule has 90 valence electrons. The molecular formula is C11H20N4O. The number of likely N-dealkylation sites (N-methyl/N-ethyl adjacent to an activating group) is 1. The topological polar surface area (TPSA) is 47.6 Å². The molecule has 0 aromatic rings. The van der Waals surface area contributed by atoms with E-state index in [1.54, 1.807) is 6.92 Å². The van der Waals surface area contributed by atoms with Crippen molar-refractivity contribution in [1.29, 1.82) is 0 Å². The molecule has 1 amide bonds. The van der Waals surface area contributed by atoms with Crippen molar-refractivity contribution < 1.29 is 4.79 Å². The predicted molar refractivity (Wildman–Crippen MR) is 62.3 cm³/mol. The lowest BCUT2D eigenvalue weighted by molar-refractivity contribution is -0.130. The lowest BCUT2D eigenvalue weighted by Gasteiger charge is -2.36. The van der Waals surface area contributed by atoms with Crippen LogP contribution in [0.2, 0.25) is 0 Å². The van der Waals surface area contributed by atoms with Gasteiger partial charge in [-0.05, 0) is 12.8 Å². The zero-order valence-electron chi connectivity index (χ0n) is 9.99. The van der Waals surface area contributed by atoms with Crippen LogP contribution >= 0.6 is 0 Å². The molecule has 2 rings (SSSR count). The van der Waals surface area contributed by atoms with E-state index in [9.17, 15) is 4.79 Å². The van der Waals surface area contributed by atoms with Crippen LogP contribution < -0.4 is 10.7 Å². The van der Waals surface area contributed by atoms with E-state index in [4.69, 9.17) is 0 Å². The van der Waals surface area contributed by atoms with Crippen molar-refractivity contribution in [2.75, 3.05) is 26.7 Å². The third-order valence-corrected chi connectivity index (χ3v) is 3.37. The number of hydrogen-bond donors (Lipinski definition) is 2. The van der Waals surface area contributed by atoms with E-state index in [-0.39, 0.29) is 5.91 Å². The lowest BCUT2D eigenvalue weighted by Crippen LogP contribution is -2.47. The highest BCUT2D eigenvalue weighted by molar-refractivity contribution is 5.73. The quantitative estimate of drug-likeness (QED) is 0.686. The number of amides is 1. The molecule has 5 heteroatoms. The number of carbonyl (C=O) groups excluding carboxylic acids is 1. The molecular weight excluding hydrogens is 204 g/mol. The van der Waals surface area contributed by atoms with Gasteiger partial charge in [0.1, 0.15) is 0 Å². The molecule has 16 heavy (non-hydrogen) atoms. The van der Waals surface area contributed by atoms with Crippen molar-refractivity contribution >= 4 is 5.91 Å². The summed E-state index contributed by atoms with van der Waals surface area (Å²) in [6.07, 6.45) is 4.22. The summed E-state index contributed by atoms with van der Waals surface area (Å²) < 4.78 is 0. The Balaban J connectivity index is 1.86. The summed E-state index contributed by atoms with van der Waals surface area (Å²) in [6, 6.07) is 0.515. The number of hydrazine groups is 1. The fourth-order valence-corrected chi connectivity index (χ4v) is 2.28. The highest BCUT2D eigenvalue weighted by Crippen LogP contribution is 2.18. The molecule has 2 heterocycles. The molecule has 0 saturated carbocycles. The average Bonchev–Trinajstić information content (AvgIpc) is 2.77. The van der Waals surface area contributed by atoms with Gasteiger partial charge in [-0.25, -0.2) is 5.43 Å². The molecule has 5 nitrogen and oxygen atoms in total. The van der Waals surface area contributed by atoms with Crippen molar-refractivity contribution in [1.82, 2.24) is 20.7 Å². The highest BCUT2D eigenvalue weighted by atomic mass is 16.2. The third-order valence-electron chi connectivity index (χ3n) is 3.37. The predicted octanol–water partition coefficient (Wildman–Crippen LogP) is -0.122. The van der Waals surface area contributed by atoms with Gasteiger partial charge in [-0.1, -0.05) is 0 Å². The maximum Gasteiger partial charge on any atom is 0.219 e. The molecule has 0 bridgehead atoms. The molecule has 0 radical (unpaired) electrons. The van der Waals surface area contributed by atoms with Crippen LogP contribution in [0.4, 0.5) is 0 Å². The van der Waals surface area contributed by atoms with Gasteiger partial charge in [-0.3, -0.25) is 4.79 Å². The second-order valence-corrected chi connectivity index (χ2v) is 4.38. The first kappa shape index (κ1) is 11.3. The second-order valence-electron chi connectivity index (χ2n) is 4.38. The largest absolute Gasteiger partial charge is 0.389 e. The Hall–Kier alpha value is -1.23. The van der Waals surface area contributed by atoms with E-state index in [2.05, 4.69) is 22.0 Å². The summed E-state index contributed by atoms with van der Waals surface area (Å²) >= 11 is 0. The molecule has 0 aliphatic carbocycles. The Kier molecular flexibility index (Phi) is 3.33. The van der Waals surface area contributed by atoms with Crippen LogP contribution in [0.25, 0.3) is 0 Å². The Morgan fingerprint density at radius 1 is 1.50 bits per heavy atom. The molecule has 1 saturated heterocycles. The van der Waals surface area contributed by atoms with Gasteiger partial charge < -0.3 is 15.2 Å². The Labute approximate surface area is 96.4 Å². The number of rotatable bonds is 2. The molecule has 0 unspecified atom stereocenters. The van der Waals surface area contributed by atoms with Crippen LogP contribution in [0, 0.1) is 0 Å².